The average molecular weight is 519 g/mol. The first-order valence-corrected chi connectivity index (χ1v) is 12.6. The molecular weight excluding hydrogens is 480 g/mol. The SMILES string of the molecule is CC.CC#Cc1nc(N)c2ncn(C3OC(C(=O)NCC)C(O)C3O)c2n1.COC(=O)C1CCCCC1. The van der Waals surface area contributed by atoms with Crippen LogP contribution in [0.5, 0.6) is 0 Å². The number of amides is 1. The number of rotatable bonds is 4. The van der Waals surface area contributed by atoms with E-state index in [0.29, 0.717) is 12.1 Å². The molecule has 1 aliphatic carbocycles. The number of nitrogens with two attached hydrogens (primary N) is 1. The zero-order valence-electron chi connectivity index (χ0n) is 22.1. The van der Waals surface area contributed by atoms with Gasteiger partial charge in [0, 0.05) is 6.54 Å². The lowest BCUT2D eigenvalue weighted by atomic mass is 9.89. The lowest BCUT2D eigenvalue weighted by Gasteiger charge is -2.18. The van der Waals surface area contributed by atoms with Crippen LogP contribution < -0.4 is 11.1 Å². The van der Waals surface area contributed by atoms with Crippen molar-refractivity contribution in [2.75, 3.05) is 19.4 Å². The van der Waals surface area contributed by atoms with Gasteiger partial charge in [-0.2, -0.15) is 0 Å². The van der Waals surface area contributed by atoms with Gasteiger partial charge in [-0.05, 0) is 32.6 Å². The standard InChI is InChI=1S/C15H18N6O4.C8H14O2.C2H6/c1-3-5-7-19-12(16)8-13(20-7)21(6-18-8)15-10(23)9(22)11(25-15)14(24)17-4-2;1-10-8(9)7-5-3-2-4-6-7;1-2/h6,9-11,15,22-23H,4H2,1-2H3,(H,17,24)(H2,16,19,20);7H,2-6H2,1H3;1-2H3. The van der Waals surface area contributed by atoms with E-state index >= 15 is 0 Å². The smallest absolute Gasteiger partial charge is 0.308 e. The summed E-state index contributed by atoms with van der Waals surface area (Å²) in [6.07, 6.45) is 2.12. The molecule has 2 aliphatic rings. The van der Waals surface area contributed by atoms with E-state index in [4.69, 9.17) is 10.5 Å². The molecule has 1 amide bonds. The van der Waals surface area contributed by atoms with Gasteiger partial charge in [0.15, 0.2) is 23.8 Å². The molecule has 12 nitrogen and oxygen atoms in total. The summed E-state index contributed by atoms with van der Waals surface area (Å²) >= 11 is 0. The summed E-state index contributed by atoms with van der Waals surface area (Å²) in [6, 6.07) is 0. The second kappa shape index (κ2) is 14.5. The first-order valence-electron chi connectivity index (χ1n) is 12.6. The summed E-state index contributed by atoms with van der Waals surface area (Å²) in [5.41, 5.74) is 6.47. The third-order valence-electron chi connectivity index (χ3n) is 5.95. The summed E-state index contributed by atoms with van der Waals surface area (Å²) < 4.78 is 11.6. The largest absolute Gasteiger partial charge is 0.469 e. The second-order valence-corrected chi connectivity index (χ2v) is 8.31. The number of hydrogen-bond acceptors (Lipinski definition) is 10. The minimum atomic E-state index is -1.39. The molecule has 2 aromatic heterocycles. The highest BCUT2D eigenvalue weighted by Crippen LogP contribution is 2.32. The molecule has 5 N–H and O–H groups in total. The molecular formula is C25H38N6O6. The molecule has 0 spiro atoms. The van der Waals surface area contributed by atoms with Crippen LogP contribution in [0.25, 0.3) is 11.2 Å². The Labute approximate surface area is 217 Å². The molecule has 1 saturated heterocycles. The van der Waals surface area contributed by atoms with Crippen LogP contribution in [0.2, 0.25) is 0 Å². The van der Waals surface area contributed by atoms with Gasteiger partial charge >= 0.3 is 5.97 Å². The van der Waals surface area contributed by atoms with Crippen molar-refractivity contribution in [3.05, 3.63) is 12.2 Å². The Morgan fingerprint density at radius 2 is 1.89 bits per heavy atom. The van der Waals surface area contributed by atoms with Crippen LogP contribution in [0.3, 0.4) is 0 Å². The number of methoxy groups -OCH3 is 1. The summed E-state index contributed by atoms with van der Waals surface area (Å²) in [5.74, 6) is 5.39. The number of nitrogens with zero attached hydrogens (tertiary/aromatic N) is 4. The molecule has 3 heterocycles. The number of esters is 1. The normalized spacial score (nSPS) is 23.0. The van der Waals surface area contributed by atoms with E-state index in [1.807, 2.05) is 13.8 Å². The number of carbonyl (C=O) groups excluding carboxylic acids is 2. The zero-order valence-corrected chi connectivity index (χ0v) is 22.1. The minimum absolute atomic E-state index is 0.0142. The Balaban J connectivity index is 0.000000336. The maximum atomic E-state index is 12.0. The topological polar surface area (TPSA) is 175 Å². The van der Waals surface area contributed by atoms with Crippen molar-refractivity contribution in [2.45, 2.75) is 84.3 Å². The van der Waals surface area contributed by atoms with Gasteiger partial charge in [-0.3, -0.25) is 14.2 Å². The number of carbonyl (C=O) groups is 2. The minimum Gasteiger partial charge on any atom is -0.469 e. The number of aliphatic hydroxyl groups excluding tert-OH is 2. The highest BCUT2D eigenvalue weighted by Gasteiger charge is 2.47. The fraction of sp³-hybridized carbons (Fsp3) is 0.640. The van der Waals surface area contributed by atoms with Gasteiger partial charge in [-0.1, -0.05) is 39.0 Å². The van der Waals surface area contributed by atoms with Crippen molar-refractivity contribution in [3.8, 4) is 11.8 Å². The second-order valence-electron chi connectivity index (χ2n) is 8.31. The molecule has 1 saturated carbocycles. The molecule has 4 atom stereocenters. The van der Waals surface area contributed by atoms with E-state index in [0.717, 1.165) is 12.8 Å². The number of nitrogen functional groups attached to an aromatic ring is 1. The maximum Gasteiger partial charge on any atom is 0.308 e. The van der Waals surface area contributed by atoms with Crippen molar-refractivity contribution in [1.82, 2.24) is 24.8 Å². The Bertz CT molecular complexity index is 1100. The van der Waals surface area contributed by atoms with Crippen LogP contribution in [0.15, 0.2) is 6.33 Å². The third-order valence-corrected chi connectivity index (χ3v) is 5.95. The monoisotopic (exact) mass is 518 g/mol. The van der Waals surface area contributed by atoms with Crippen LogP contribution in [-0.4, -0.2) is 73.6 Å². The fourth-order valence-corrected chi connectivity index (χ4v) is 4.18. The Morgan fingerprint density at radius 1 is 1.22 bits per heavy atom. The number of nitrogens with one attached hydrogen (secondary N) is 1. The van der Waals surface area contributed by atoms with Crippen molar-refractivity contribution >= 4 is 28.9 Å². The highest BCUT2D eigenvalue weighted by atomic mass is 16.6. The molecule has 12 heteroatoms. The van der Waals surface area contributed by atoms with E-state index in [9.17, 15) is 19.8 Å². The summed E-state index contributed by atoms with van der Waals surface area (Å²) in [4.78, 5) is 35.3. The zero-order chi connectivity index (χ0) is 27.5. The maximum absolute atomic E-state index is 12.0. The van der Waals surface area contributed by atoms with Gasteiger partial charge in [-0.25, -0.2) is 15.0 Å². The molecule has 2 aromatic rings. The van der Waals surface area contributed by atoms with Crippen LogP contribution in [0.4, 0.5) is 5.82 Å². The number of imidazole rings is 1. The first kappa shape index (κ1) is 30.0. The van der Waals surface area contributed by atoms with E-state index in [-0.39, 0.29) is 29.2 Å². The summed E-state index contributed by atoms with van der Waals surface area (Å²) in [7, 11) is 1.47. The van der Waals surface area contributed by atoms with Crippen LogP contribution in [0, 0.1) is 17.8 Å². The van der Waals surface area contributed by atoms with Gasteiger partial charge in [0.2, 0.25) is 5.82 Å². The molecule has 4 rings (SSSR count). The average Bonchev–Trinajstić information content (AvgIpc) is 3.47. The lowest BCUT2D eigenvalue weighted by Crippen LogP contribution is -2.42. The molecule has 4 unspecified atom stereocenters. The molecule has 1 aliphatic heterocycles. The van der Waals surface area contributed by atoms with Crippen LogP contribution >= 0.6 is 0 Å². The number of aromatic nitrogens is 4. The summed E-state index contributed by atoms with van der Waals surface area (Å²) in [6.45, 7) is 7.76. The van der Waals surface area contributed by atoms with Gasteiger partial charge in [-0.15, -0.1) is 0 Å². The van der Waals surface area contributed by atoms with E-state index < -0.39 is 30.4 Å². The summed E-state index contributed by atoms with van der Waals surface area (Å²) in [5, 5.41) is 23.0. The number of aliphatic hydroxyl groups is 2. The Morgan fingerprint density at radius 3 is 2.49 bits per heavy atom. The fourth-order valence-electron chi connectivity index (χ4n) is 4.18. The van der Waals surface area contributed by atoms with Gasteiger partial charge in [0.05, 0.1) is 19.4 Å². The van der Waals surface area contributed by atoms with E-state index in [2.05, 4.69) is 36.8 Å². The molecule has 204 valence electrons. The lowest BCUT2D eigenvalue weighted by molar-refractivity contribution is -0.146. The number of anilines is 1. The molecule has 37 heavy (non-hydrogen) atoms. The van der Waals surface area contributed by atoms with Crippen molar-refractivity contribution in [3.63, 3.8) is 0 Å². The van der Waals surface area contributed by atoms with Crippen molar-refractivity contribution < 1.29 is 29.3 Å². The van der Waals surface area contributed by atoms with Gasteiger partial charge in [0.1, 0.15) is 17.7 Å². The van der Waals surface area contributed by atoms with Gasteiger partial charge in [0.25, 0.3) is 5.91 Å². The number of fused-ring (bicyclic) bond motifs is 1. The molecule has 0 radical (unpaired) electrons. The van der Waals surface area contributed by atoms with Crippen molar-refractivity contribution in [2.24, 2.45) is 5.92 Å². The molecule has 0 aromatic carbocycles. The van der Waals surface area contributed by atoms with E-state index in [1.165, 1.54) is 37.3 Å². The van der Waals surface area contributed by atoms with Gasteiger partial charge < -0.3 is 30.7 Å². The van der Waals surface area contributed by atoms with Crippen molar-refractivity contribution in [1.29, 1.82) is 0 Å². The van der Waals surface area contributed by atoms with Crippen LogP contribution in [-0.2, 0) is 19.1 Å². The number of hydrogen-bond donors (Lipinski definition) is 4. The number of ether oxygens (including phenoxy) is 2. The van der Waals surface area contributed by atoms with E-state index in [1.54, 1.807) is 13.8 Å². The predicted molar refractivity (Wildman–Crippen MR) is 137 cm³/mol. The molecule has 2 fully saturated rings. The van der Waals surface area contributed by atoms with Crippen LogP contribution in [0.1, 0.15) is 71.9 Å². The highest BCUT2D eigenvalue weighted by molar-refractivity contribution is 5.83. The predicted octanol–water partition coefficient (Wildman–Crippen LogP) is 1.30. The number of likely N-dealkylation sites (N-methyl/N-ethyl adjacent to an activating group) is 1. The quantitative estimate of drug-likeness (QED) is 0.341. The Hall–Kier alpha value is -3.27. The Kier molecular flexibility index (Phi) is 11.7. The first-order chi connectivity index (χ1) is 17.8. The third kappa shape index (κ3) is 7.15. The molecule has 0 bridgehead atoms.